The molecule has 0 heterocycles. The molecule has 2 rings (SSSR count). The van der Waals surface area contributed by atoms with Gasteiger partial charge in [-0.25, -0.2) is 0 Å². The average Bonchev–Trinajstić information content (AvgIpc) is 2.80. The van der Waals surface area contributed by atoms with Crippen LogP contribution in [0.4, 0.5) is 0 Å². The normalized spacial score (nSPS) is 40.7. The Kier molecular flexibility index (Phi) is 5.56. The number of aliphatic hydroxyl groups excluding tert-OH is 1. The molecule has 136 valence electrons. The largest absolute Gasteiger partial charge is 0.481 e. The summed E-state index contributed by atoms with van der Waals surface area (Å²) < 4.78 is 0. The van der Waals surface area contributed by atoms with E-state index in [1.165, 1.54) is 0 Å². The highest BCUT2D eigenvalue weighted by Gasteiger charge is 2.79. The first-order valence-electron chi connectivity index (χ1n) is 8.89. The lowest BCUT2D eigenvalue weighted by Gasteiger charge is -2.29. The van der Waals surface area contributed by atoms with Crippen LogP contribution in [-0.4, -0.2) is 28.2 Å². The van der Waals surface area contributed by atoms with Gasteiger partial charge in [-0.15, -0.1) is 11.6 Å². The smallest absolute Gasteiger partial charge is 0.311 e. The molecule has 0 amide bonds. The zero-order chi connectivity index (χ0) is 18.3. The Morgan fingerprint density at radius 2 is 1.92 bits per heavy atom. The predicted octanol–water partition coefficient (Wildman–Crippen LogP) is 4.50. The van der Waals surface area contributed by atoms with E-state index in [9.17, 15) is 15.0 Å². The molecule has 0 spiro atoms. The summed E-state index contributed by atoms with van der Waals surface area (Å²) in [6.07, 6.45) is 6.94. The van der Waals surface area contributed by atoms with Crippen molar-refractivity contribution in [3.05, 3.63) is 23.8 Å². The van der Waals surface area contributed by atoms with Gasteiger partial charge in [0.05, 0.1) is 11.5 Å². The van der Waals surface area contributed by atoms with E-state index in [0.29, 0.717) is 12.3 Å². The number of hydrogen-bond acceptors (Lipinski definition) is 2. The molecule has 2 saturated carbocycles. The average molecular weight is 355 g/mol. The molecule has 2 N–H and O–H groups in total. The number of alkyl halides is 1. The van der Waals surface area contributed by atoms with Gasteiger partial charge in [-0.1, -0.05) is 37.6 Å². The van der Waals surface area contributed by atoms with Gasteiger partial charge in [-0.2, -0.15) is 0 Å². The number of aliphatic carboxylic acids is 1. The minimum absolute atomic E-state index is 0.00381. The Labute approximate surface area is 150 Å². The van der Waals surface area contributed by atoms with Crippen LogP contribution >= 0.6 is 11.6 Å². The minimum Gasteiger partial charge on any atom is -0.481 e. The maximum atomic E-state index is 12.4. The third-order valence-corrected chi connectivity index (χ3v) is 6.92. The number of carbonyl (C=O) groups is 1. The van der Waals surface area contributed by atoms with Crippen molar-refractivity contribution in [3.8, 4) is 0 Å². The first-order chi connectivity index (χ1) is 11.2. The Morgan fingerprint density at radius 3 is 2.38 bits per heavy atom. The quantitative estimate of drug-likeness (QED) is 0.545. The molecule has 3 nitrogen and oxygen atoms in total. The van der Waals surface area contributed by atoms with Crippen LogP contribution in [0, 0.1) is 34.5 Å². The van der Waals surface area contributed by atoms with E-state index in [2.05, 4.69) is 12.2 Å². The molecule has 0 aliphatic heterocycles. The molecule has 4 heteroatoms. The molecule has 6 atom stereocenters. The van der Waals surface area contributed by atoms with Crippen molar-refractivity contribution in [3.63, 3.8) is 0 Å². The van der Waals surface area contributed by atoms with Gasteiger partial charge in [0, 0.05) is 11.8 Å². The Balaban J connectivity index is 2.43. The van der Waals surface area contributed by atoms with Gasteiger partial charge in [-0.05, 0) is 56.8 Å². The number of rotatable bonds is 6. The number of aliphatic hydroxyl groups is 1. The lowest BCUT2D eigenvalue weighted by atomic mass is 9.74. The van der Waals surface area contributed by atoms with E-state index in [1.54, 1.807) is 0 Å². The van der Waals surface area contributed by atoms with Gasteiger partial charge in [0.1, 0.15) is 0 Å². The SMILES string of the molecule is CC=CC[C@@H]1[C@@H](CCl)[C@H]([C@]2(C(=O)O)[C@H](C=C(C)C)C2(C)C)C[C@@H]1O. The second-order valence-corrected chi connectivity index (χ2v) is 8.62. The number of hydrogen-bond donors (Lipinski definition) is 2. The molecule has 2 aliphatic carbocycles. The monoisotopic (exact) mass is 354 g/mol. The third kappa shape index (κ3) is 2.74. The van der Waals surface area contributed by atoms with Crippen molar-refractivity contribution in [1.82, 2.24) is 0 Å². The van der Waals surface area contributed by atoms with Gasteiger partial charge in [0.25, 0.3) is 0 Å². The van der Waals surface area contributed by atoms with Crippen LogP contribution in [-0.2, 0) is 4.79 Å². The molecule has 0 aromatic heterocycles. The summed E-state index contributed by atoms with van der Waals surface area (Å²) in [4.78, 5) is 12.4. The van der Waals surface area contributed by atoms with Gasteiger partial charge in [0.15, 0.2) is 0 Å². The Hall–Kier alpha value is -0.800. The fourth-order valence-corrected chi connectivity index (χ4v) is 5.79. The maximum absolute atomic E-state index is 12.4. The number of allylic oxidation sites excluding steroid dienone is 4. The number of carboxylic acids is 1. The van der Waals surface area contributed by atoms with Gasteiger partial charge >= 0.3 is 5.97 Å². The fourth-order valence-electron chi connectivity index (χ4n) is 5.35. The standard InChI is InChI=1S/C20H31ClO3/c1-6-7-8-13-14(11-21)15(10-16(13)22)20(18(23)24)17(9-12(2)3)19(20,4)5/h6-7,9,13-17,22H,8,10-11H2,1-5H3,(H,23,24)/t13-,14-,15-,16+,17-,20-/m1/s1. The summed E-state index contributed by atoms with van der Waals surface area (Å²) in [6, 6.07) is 0. The summed E-state index contributed by atoms with van der Waals surface area (Å²) in [5, 5.41) is 20.8. The molecule has 2 aliphatic rings. The highest BCUT2D eigenvalue weighted by molar-refractivity contribution is 6.18. The Bertz CT molecular complexity index is 547. The van der Waals surface area contributed by atoms with Crippen LogP contribution in [0.3, 0.4) is 0 Å². The number of halogens is 1. The van der Waals surface area contributed by atoms with E-state index in [4.69, 9.17) is 11.6 Å². The predicted molar refractivity (Wildman–Crippen MR) is 98.0 cm³/mol. The first-order valence-corrected chi connectivity index (χ1v) is 9.43. The lowest BCUT2D eigenvalue weighted by Crippen LogP contribution is -2.35. The molecule has 0 radical (unpaired) electrons. The van der Waals surface area contributed by atoms with Gasteiger partial charge in [-0.3, -0.25) is 4.79 Å². The van der Waals surface area contributed by atoms with Crippen molar-refractivity contribution < 1.29 is 15.0 Å². The highest BCUT2D eigenvalue weighted by Crippen LogP contribution is 2.76. The maximum Gasteiger partial charge on any atom is 0.311 e. The minimum atomic E-state index is -0.824. The first kappa shape index (κ1) is 19.5. The summed E-state index contributed by atoms with van der Waals surface area (Å²) >= 11 is 6.28. The van der Waals surface area contributed by atoms with Crippen molar-refractivity contribution in [2.75, 3.05) is 5.88 Å². The molecular weight excluding hydrogens is 324 g/mol. The summed E-state index contributed by atoms with van der Waals surface area (Å²) in [5.74, 6) is -0.359. The van der Waals surface area contributed by atoms with Crippen molar-refractivity contribution in [2.24, 2.45) is 34.5 Å². The topological polar surface area (TPSA) is 57.5 Å². The van der Waals surface area contributed by atoms with E-state index < -0.39 is 17.5 Å². The molecule has 0 bridgehead atoms. The second-order valence-electron chi connectivity index (χ2n) is 8.31. The summed E-state index contributed by atoms with van der Waals surface area (Å²) in [5.41, 5.74) is -0.00176. The molecule has 0 unspecified atom stereocenters. The zero-order valence-corrected chi connectivity index (χ0v) is 16.2. The van der Waals surface area contributed by atoms with Crippen molar-refractivity contribution in [2.45, 2.75) is 53.6 Å². The van der Waals surface area contributed by atoms with Crippen LogP contribution in [0.2, 0.25) is 0 Å². The van der Waals surface area contributed by atoms with Crippen molar-refractivity contribution >= 4 is 17.6 Å². The van der Waals surface area contributed by atoms with Crippen LogP contribution in [0.5, 0.6) is 0 Å². The van der Waals surface area contributed by atoms with Crippen LogP contribution in [0.15, 0.2) is 23.8 Å². The lowest BCUT2D eigenvalue weighted by molar-refractivity contribution is -0.148. The molecule has 0 aromatic rings. The number of carboxylic acid groups (broad SMARTS) is 1. The summed E-state index contributed by atoms with van der Waals surface area (Å²) in [6.45, 7) is 10.1. The second kappa shape index (κ2) is 6.84. The van der Waals surface area contributed by atoms with Crippen LogP contribution in [0.25, 0.3) is 0 Å². The molecule has 0 saturated heterocycles. The summed E-state index contributed by atoms with van der Waals surface area (Å²) in [7, 11) is 0. The van der Waals surface area contributed by atoms with Gasteiger partial charge in [0.2, 0.25) is 0 Å². The van der Waals surface area contributed by atoms with Crippen LogP contribution in [0.1, 0.15) is 47.5 Å². The third-order valence-electron chi connectivity index (χ3n) is 6.57. The molecule has 0 aromatic carbocycles. The van der Waals surface area contributed by atoms with Crippen molar-refractivity contribution in [1.29, 1.82) is 0 Å². The molecule has 24 heavy (non-hydrogen) atoms. The van der Waals surface area contributed by atoms with Crippen LogP contribution < -0.4 is 0 Å². The van der Waals surface area contributed by atoms with E-state index in [0.717, 1.165) is 12.0 Å². The molecule has 2 fully saturated rings. The zero-order valence-electron chi connectivity index (χ0n) is 15.4. The van der Waals surface area contributed by atoms with Gasteiger partial charge < -0.3 is 10.2 Å². The van der Waals surface area contributed by atoms with E-state index in [1.807, 2.05) is 40.7 Å². The Morgan fingerprint density at radius 1 is 1.29 bits per heavy atom. The van der Waals surface area contributed by atoms with E-state index >= 15 is 0 Å². The van der Waals surface area contributed by atoms with E-state index in [-0.39, 0.29) is 29.1 Å². The molecular formula is C20H31ClO3. The highest BCUT2D eigenvalue weighted by atomic mass is 35.5. The fraction of sp³-hybridized carbons (Fsp3) is 0.750.